The molecular formula is C13H23NO5S. The van der Waals surface area contributed by atoms with E-state index in [4.69, 9.17) is 4.74 Å². The quantitative estimate of drug-likeness (QED) is 0.840. The Hall–Kier alpha value is -0.660. The van der Waals surface area contributed by atoms with Crippen LogP contribution in [-0.4, -0.2) is 54.3 Å². The zero-order chi connectivity index (χ0) is 14.9. The number of hydrogen-bond acceptors (Lipinski definition) is 4. The Bertz CT molecular complexity index is 463. The minimum atomic E-state index is -3.58. The van der Waals surface area contributed by atoms with Crippen molar-refractivity contribution in [3.63, 3.8) is 0 Å². The molecule has 6 nitrogen and oxygen atoms in total. The van der Waals surface area contributed by atoms with Gasteiger partial charge in [-0.05, 0) is 26.2 Å². The van der Waals surface area contributed by atoms with E-state index in [1.54, 1.807) is 0 Å². The van der Waals surface area contributed by atoms with E-state index in [9.17, 15) is 18.3 Å². The molecule has 0 aromatic heterocycles. The van der Waals surface area contributed by atoms with Crippen molar-refractivity contribution >= 4 is 16.0 Å². The summed E-state index contributed by atoms with van der Waals surface area (Å²) in [5.41, 5.74) is 0. The van der Waals surface area contributed by atoms with Gasteiger partial charge in [-0.25, -0.2) is 8.42 Å². The van der Waals surface area contributed by atoms with E-state index in [0.717, 1.165) is 0 Å². The first-order valence-electron chi connectivity index (χ1n) is 7.23. The summed E-state index contributed by atoms with van der Waals surface area (Å²) in [6.07, 6.45) is 2.10. The molecule has 20 heavy (non-hydrogen) atoms. The number of ether oxygens (including phenoxy) is 1. The second-order valence-electron chi connectivity index (χ2n) is 5.73. The standard InChI is InChI=1S/C13H23NO5S/c1-3-10-8-19-9(2)7-14(10)20(17,18)12-6-4-5-11(12)13(15)16/h9-12H,3-8H2,1-2H3,(H,15,16). The molecule has 1 heterocycles. The van der Waals surface area contributed by atoms with E-state index < -0.39 is 27.2 Å². The third-order valence-corrected chi connectivity index (χ3v) is 6.80. The van der Waals surface area contributed by atoms with Crippen LogP contribution in [0.15, 0.2) is 0 Å². The Labute approximate surface area is 120 Å². The van der Waals surface area contributed by atoms with Gasteiger partial charge in [0.05, 0.1) is 23.9 Å². The predicted octanol–water partition coefficient (Wildman–Crippen LogP) is 1.07. The lowest BCUT2D eigenvalue weighted by Gasteiger charge is -2.39. The van der Waals surface area contributed by atoms with Crippen LogP contribution >= 0.6 is 0 Å². The van der Waals surface area contributed by atoms with E-state index in [-0.39, 0.29) is 12.1 Å². The molecule has 2 fully saturated rings. The molecule has 116 valence electrons. The fourth-order valence-corrected chi connectivity index (χ4v) is 5.71. The molecule has 1 N–H and O–H groups in total. The van der Waals surface area contributed by atoms with Crippen LogP contribution in [0.5, 0.6) is 0 Å². The lowest BCUT2D eigenvalue weighted by Crippen LogP contribution is -2.54. The van der Waals surface area contributed by atoms with Crippen LogP contribution in [0.1, 0.15) is 39.5 Å². The van der Waals surface area contributed by atoms with Gasteiger partial charge in [0, 0.05) is 12.6 Å². The topological polar surface area (TPSA) is 83.9 Å². The molecule has 0 radical (unpaired) electrons. The number of carbonyl (C=O) groups is 1. The van der Waals surface area contributed by atoms with Crippen molar-refractivity contribution in [1.82, 2.24) is 4.31 Å². The highest BCUT2D eigenvalue weighted by Gasteiger charge is 2.47. The van der Waals surface area contributed by atoms with Gasteiger partial charge < -0.3 is 9.84 Å². The number of hydrogen-bond donors (Lipinski definition) is 1. The van der Waals surface area contributed by atoms with E-state index >= 15 is 0 Å². The Kier molecular flexibility index (Phi) is 4.71. The van der Waals surface area contributed by atoms with Gasteiger partial charge in [-0.1, -0.05) is 13.3 Å². The van der Waals surface area contributed by atoms with Crippen molar-refractivity contribution in [1.29, 1.82) is 0 Å². The highest BCUT2D eigenvalue weighted by Crippen LogP contribution is 2.35. The highest BCUT2D eigenvalue weighted by molar-refractivity contribution is 7.89. The maximum Gasteiger partial charge on any atom is 0.307 e. The van der Waals surface area contributed by atoms with Gasteiger partial charge in [-0.3, -0.25) is 4.79 Å². The Morgan fingerprint density at radius 1 is 1.40 bits per heavy atom. The molecule has 1 saturated heterocycles. The Balaban J connectivity index is 2.25. The molecule has 0 bridgehead atoms. The van der Waals surface area contributed by atoms with E-state index in [1.165, 1.54) is 4.31 Å². The van der Waals surface area contributed by atoms with Crippen molar-refractivity contribution in [3.05, 3.63) is 0 Å². The predicted molar refractivity (Wildman–Crippen MR) is 73.9 cm³/mol. The van der Waals surface area contributed by atoms with Crippen LogP contribution in [0.4, 0.5) is 0 Å². The third-order valence-electron chi connectivity index (χ3n) is 4.37. The summed E-state index contributed by atoms with van der Waals surface area (Å²) in [5.74, 6) is -1.76. The molecule has 1 saturated carbocycles. The molecular weight excluding hydrogens is 282 g/mol. The van der Waals surface area contributed by atoms with Crippen LogP contribution in [0.25, 0.3) is 0 Å². The van der Waals surface area contributed by atoms with Crippen LogP contribution in [-0.2, 0) is 19.6 Å². The van der Waals surface area contributed by atoms with Crippen molar-refractivity contribution in [3.8, 4) is 0 Å². The summed E-state index contributed by atoms with van der Waals surface area (Å²) in [7, 11) is -3.58. The van der Waals surface area contributed by atoms with Crippen molar-refractivity contribution in [2.24, 2.45) is 5.92 Å². The number of aliphatic carboxylic acids is 1. The molecule has 0 amide bonds. The first kappa shape index (κ1) is 15.7. The molecule has 2 rings (SSSR count). The summed E-state index contributed by atoms with van der Waals surface area (Å²) in [4.78, 5) is 11.2. The molecule has 4 atom stereocenters. The summed E-state index contributed by atoms with van der Waals surface area (Å²) in [6, 6.07) is -0.175. The highest BCUT2D eigenvalue weighted by atomic mass is 32.2. The maximum absolute atomic E-state index is 12.8. The molecule has 0 aromatic rings. The van der Waals surface area contributed by atoms with E-state index in [1.807, 2.05) is 13.8 Å². The number of carboxylic acid groups (broad SMARTS) is 1. The summed E-state index contributed by atoms with van der Waals surface area (Å²) in [6.45, 7) is 4.48. The van der Waals surface area contributed by atoms with E-state index in [2.05, 4.69) is 0 Å². The lowest BCUT2D eigenvalue weighted by atomic mass is 10.1. The van der Waals surface area contributed by atoms with Gasteiger partial charge in [0.1, 0.15) is 0 Å². The van der Waals surface area contributed by atoms with Gasteiger partial charge >= 0.3 is 5.97 Å². The van der Waals surface area contributed by atoms with E-state index in [0.29, 0.717) is 38.8 Å². The zero-order valence-corrected chi connectivity index (χ0v) is 12.8. The molecule has 1 aliphatic heterocycles. The van der Waals surface area contributed by atoms with Gasteiger partial charge in [-0.2, -0.15) is 4.31 Å². The molecule has 2 aliphatic rings. The second kappa shape index (κ2) is 5.99. The minimum absolute atomic E-state index is 0.141. The minimum Gasteiger partial charge on any atom is -0.481 e. The number of sulfonamides is 1. The van der Waals surface area contributed by atoms with Crippen LogP contribution in [0.3, 0.4) is 0 Å². The fraction of sp³-hybridized carbons (Fsp3) is 0.923. The van der Waals surface area contributed by atoms with Gasteiger partial charge in [0.15, 0.2) is 0 Å². The molecule has 0 spiro atoms. The smallest absolute Gasteiger partial charge is 0.307 e. The van der Waals surface area contributed by atoms with Gasteiger partial charge in [0.25, 0.3) is 0 Å². The van der Waals surface area contributed by atoms with Crippen LogP contribution in [0.2, 0.25) is 0 Å². The van der Waals surface area contributed by atoms with Crippen LogP contribution < -0.4 is 0 Å². The molecule has 1 aliphatic carbocycles. The average Bonchev–Trinajstić information content (AvgIpc) is 2.88. The van der Waals surface area contributed by atoms with Crippen molar-refractivity contribution in [2.45, 2.75) is 56.9 Å². The monoisotopic (exact) mass is 305 g/mol. The SMILES string of the molecule is CCC1COC(C)CN1S(=O)(=O)C1CCCC1C(=O)O. The Morgan fingerprint density at radius 3 is 2.70 bits per heavy atom. The zero-order valence-electron chi connectivity index (χ0n) is 12.0. The fourth-order valence-electron chi connectivity index (χ4n) is 3.19. The number of carboxylic acids is 1. The van der Waals surface area contributed by atoms with Gasteiger partial charge in [0.2, 0.25) is 10.0 Å². The Morgan fingerprint density at radius 2 is 2.10 bits per heavy atom. The molecule has 4 unspecified atom stereocenters. The van der Waals surface area contributed by atoms with Crippen molar-refractivity contribution < 1.29 is 23.1 Å². The lowest BCUT2D eigenvalue weighted by molar-refractivity contribution is -0.141. The van der Waals surface area contributed by atoms with Gasteiger partial charge in [-0.15, -0.1) is 0 Å². The third kappa shape index (κ3) is 2.84. The van der Waals surface area contributed by atoms with Crippen molar-refractivity contribution in [2.75, 3.05) is 13.2 Å². The maximum atomic E-state index is 12.8. The summed E-state index contributed by atoms with van der Waals surface area (Å²) >= 11 is 0. The number of morpholine rings is 1. The number of rotatable bonds is 4. The first-order valence-corrected chi connectivity index (χ1v) is 8.73. The number of nitrogens with zero attached hydrogens (tertiary/aromatic N) is 1. The normalized spacial score (nSPS) is 36.1. The van der Waals surface area contributed by atoms with Crippen LogP contribution in [0, 0.1) is 5.92 Å². The second-order valence-corrected chi connectivity index (χ2v) is 7.84. The largest absolute Gasteiger partial charge is 0.481 e. The average molecular weight is 305 g/mol. The molecule has 0 aromatic carbocycles. The summed E-state index contributed by atoms with van der Waals surface area (Å²) < 4.78 is 32.7. The summed E-state index contributed by atoms with van der Waals surface area (Å²) in [5, 5.41) is 8.43. The first-order chi connectivity index (χ1) is 9.37. The molecule has 7 heteroatoms.